The fraction of sp³-hybridized carbons (Fsp3) is 0.533. The van der Waals surface area contributed by atoms with Gasteiger partial charge in [-0.2, -0.15) is 0 Å². The Morgan fingerprint density at radius 3 is 3.10 bits per heavy atom. The number of rotatable bonds is 4. The van der Waals surface area contributed by atoms with Gasteiger partial charge in [0.15, 0.2) is 0 Å². The van der Waals surface area contributed by atoms with Gasteiger partial charge in [-0.15, -0.1) is 0 Å². The number of benzene rings is 1. The lowest BCUT2D eigenvalue weighted by molar-refractivity contribution is -0.119. The van der Waals surface area contributed by atoms with Crippen molar-refractivity contribution in [2.75, 3.05) is 20.3 Å². The van der Waals surface area contributed by atoms with Crippen molar-refractivity contribution in [3.63, 3.8) is 0 Å². The zero-order chi connectivity index (χ0) is 13.9. The van der Waals surface area contributed by atoms with Gasteiger partial charge in [-0.1, -0.05) is 0 Å². The summed E-state index contributed by atoms with van der Waals surface area (Å²) >= 11 is 0. The largest absolute Gasteiger partial charge is 0.497 e. The lowest BCUT2D eigenvalue weighted by Crippen LogP contribution is -2.38. The molecule has 1 aromatic rings. The third-order valence-corrected chi connectivity index (χ3v) is 3.95. The minimum absolute atomic E-state index is 0.158. The number of amides is 1. The minimum Gasteiger partial charge on any atom is -0.497 e. The van der Waals surface area contributed by atoms with E-state index in [1.165, 1.54) is 0 Å². The average molecular weight is 276 g/mol. The molecular formula is C15H20N2O3. The Kier molecular flexibility index (Phi) is 3.78. The van der Waals surface area contributed by atoms with E-state index in [0.29, 0.717) is 13.0 Å². The maximum Gasteiger partial charge on any atom is 0.220 e. The third kappa shape index (κ3) is 2.72. The molecule has 0 saturated carbocycles. The molecule has 2 unspecified atom stereocenters. The Labute approximate surface area is 118 Å². The van der Waals surface area contributed by atoms with E-state index >= 15 is 0 Å². The third-order valence-electron chi connectivity index (χ3n) is 3.95. The van der Waals surface area contributed by atoms with Crippen molar-refractivity contribution in [1.29, 1.82) is 0 Å². The maximum atomic E-state index is 11.2. The topological polar surface area (TPSA) is 59.6 Å². The first-order valence-corrected chi connectivity index (χ1v) is 7.10. The number of carbonyl (C=O) groups is 1. The molecule has 2 atom stereocenters. The van der Waals surface area contributed by atoms with E-state index < -0.39 is 0 Å². The highest BCUT2D eigenvalue weighted by molar-refractivity contribution is 5.78. The molecule has 2 heterocycles. The number of methoxy groups -OCH3 is 1. The molecule has 3 rings (SSSR count). The Morgan fingerprint density at radius 2 is 2.35 bits per heavy atom. The van der Waals surface area contributed by atoms with Gasteiger partial charge >= 0.3 is 0 Å². The number of carbonyl (C=O) groups excluding carboxylic acids is 1. The molecule has 1 saturated heterocycles. The highest BCUT2D eigenvalue weighted by atomic mass is 16.5. The van der Waals surface area contributed by atoms with Gasteiger partial charge in [0.25, 0.3) is 0 Å². The van der Waals surface area contributed by atoms with Crippen molar-refractivity contribution in [2.24, 2.45) is 0 Å². The van der Waals surface area contributed by atoms with Crippen LogP contribution in [0.25, 0.3) is 0 Å². The van der Waals surface area contributed by atoms with E-state index in [-0.39, 0.29) is 18.0 Å². The zero-order valence-electron chi connectivity index (χ0n) is 11.6. The van der Waals surface area contributed by atoms with Crippen molar-refractivity contribution < 1.29 is 14.3 Å². The molecule has 0 bridgehead atoms. The van der Waals surface area contributed by atoms with Crippen molar-refractivity contribution in [1.82, 2.24) is 10.6 Å². The highest BCUT2D eigenvalue weighted by Gasteiger charge is 2.25. The summed E-state index contributed by atoms with van der Waals surface area (Å²) in [7, 11) is 1.67. The second kappa shape index (κ2) is 5.71. The number of hydrogen-bond donors (Lipinski definition) is 2. The summed E-state index contributed by atoms with van der Waals surface area (Å²) in [6, 6.07) is 6.41. The zero-order valence-corrected chi connectivity index (χ0v) is 11.6. The molecular weight excluding hydrogens is 256 g/mol. The quantitative estimate of drug-likeness (QED) is 0.872. The van der Waals surface area contributed by atoms with Gasteiger partial charge in [0, 0.05) is 37.0 Å². The first-order valence-electron chi connectivity index (χ1n) is 7.10. The smallest absolute Gasteiger partial charge is 0.220 e. The minimum atomic E-state index is 0.158. The fourth-order valence-electron chi connectivity index (χ4n) is 2.83. The van der Waals surface area contributed by atoms with Gasteiger partial charge in [-0.3, -0.25) is 4.79 Å². The van der Waals surface area contributed by atoms with Gasteiger partial charge in [-0.05, 0) is 24.6 Å². The molecule has 0 aromatic heterocycles. The standard InChI is InChI=1S/C15H20N2O3/c1-19-11-3-4-14-12(8-11)13(6-7-20-14)16-9-10-2-5-15(18)17-10/h3-4,8,10,13,16H,2,5-7,9H2,1H3,(H,17,18). The van der Waals surface area contributed by atoms with Crippen molar-refractivity contribution >= 4 is 5.91 Å². The molecule has 1 aromatic carbocycles. The Bertz CT molecular complexity index is 504. The highest BCUT2D eigenvalue weighted by Crippen LogP contribution is 2.34. The molecule has 5 nitrogen and oxygen atoms in total. The molecule has 0 radical (unpaired) electrons. The van der Waals surface area contributed by atoms with Crippen LogP contribution in [-0.4, -0.2) is 32.2 Å². The van der Waals surface area contributed by atoms with Gasteiger partial charge in [0.05, 0.1) is 13.7 Å². The molecule has 0 aliphatic carbocycles. The summed E-state index contributed by atoms with van der Waals surface area (Å²) in [5.74, 6) is 1.92. The molecule has 0 spiro atoms. The second-order valence-electron chi connectivity index (χ2n) is 5.30. The maximum absolute atomic E-state index is 11.2. The van der Waals surface area contributed by atoms with Crippen LogP contribution in [0, 0.1) is 0 Å². The molecule has 5 heteroatoms. The normalized spacial score (nSPS) is 24.8. The van der Waals surface area contributed by atoms with Crippen molar-refractivity contribution in [2.45, 2.75) is 31.3 Å². The van der Waals surface area contributed by atoms with Crippen LogP contribution in [0.4, 0.5) is 0 Å². The number of hydrogen-bond acceptors (Lipinski definition) is 4. The molecule has 2 N–H and O–H groups in total. The summed E-state index contributed by atoms with van der Waals surface area (Å²) in [5, 5.41) is 6.52. The molecule has 108 valence electrons. The Balaban J connectivity index is 1.67. The van der Waals surface area contributed by atoms with Crippen LogP contribution < -0.4 is 20.1 Å². The van der Waals surface area contributed by atoms with Crippen LogP contribution in [0.3, 0.4) is 0 Å². The van der Waals surface area contributed by atoms with Crippen LogP contribution in [0.1, 0.15) is 30.9 Å². The van der Waals surface area contributed by atoms with Crippen LogP contribution in [-0.2, 0) is 4.79 Å². The van der Waals surface area contributed by atoms with Crippen LogP contribution >= 0.6 is 0 Å². The van der Waals surface area contributed by atoms with Crippen LogP contribution in [0.2, 0.25) is 0 Å². The van der Waals surface area contributed by atoms with Crippen molar-refractivity contribution in [3.05, 3.63) is 23.8 Å². The second-order valence-corrected chi connectivity index (χ2v) is 5.30. The molecule has 2 aliphatic rings. The monoisotopic (exact) mass is 276 g/mol. The van der Waals surface area contributed by atoms with Crippen LogP contribution in [0.5, 0.6) is 11.5 Å². The molecule has 20 heavy (non-hydrogen) atoms. The predicted molar refractivity (Wildman–Crippen MR) is 75.0 cm³/mol. The average Bonchev–Trinajstić information content (AvgIpc) is 2.90. The summed E-state index contributed by atoms with van der Waals surface area (Å²) in [6.45, 7) is 1.51. The number of fused-ring (bicyclic) bond motifs is 1. The predicted octanol–water partition coefficient (Wildman–Crippen LogP) is 1.39. The van der Waals surface area contributed by atoms with Crippen molar-refractivity contribution in [3.8, 4) is 11.5 Å². The lowest BCUT2D eigenvalue weighted by atomic mass is 10.00. The van der Waals surface area contributed by atoms with E-state index in [1.54, 1.807) is 7.11 Å². The van der Waals surface area contributed by atoms with Gasteiger partial charge in [0.2, 0.25) is 5.91 Å². The van der Waals surface area contributed by atoms with Gasteiger partial charge in [-0.25, -0.2) is 0 Å². The summed E-state index contributed by atoms with van der Waals surface area (Å²) < 4.78 is 11.0. The van der Waals surface area contributed by atoms with E-state index in [1.807, 2.05) is 18.2 Å². The van der Waals surface area contributed by atoms with Gasteiger partial charge in [0.1, 0.15) is 11.5 Å². The van der Waals surface area contributed by atoms with E-state index in [2.05, 4.69) is 10.6 Å². The van der Waals surface area contributed by atoms with E-state index in [9.17, 15) is 4.79 Å². The Morgan fingerprint density at radius 1 is 1.45 bits per heavy atom. The van der Waals surface area contributed by atoms with Crippen LogP contribution in [0.15, 0.2) is 18.2 Å². The van der Waals surface area contributed by atoms with E-state index in [4.69, 9.17) is 9.47 Å². The Hall–Kier alpha value is -1.75. The lowest BCUT2D eigenvalue weighted by Gasteiger charge is -2.28. The fourth-order valence-corrected chi connectivity index (χ4v) is 2.83. The van der Waals surface area contributed by atoms with Gasteiger partial charge < -0.3 is 20.1 Å². The number of ether oxygens (including phenoxy) is 2. The number of nitrogens with one attached hydrogen (secondary N) is 2. The molecule has 1 fully saturated rings. The SMILES string of the molecule is COc1ccc2c(c1)C(NCC1CCC(=O)N1)CCO2. The summed E-state index contributed by atoms with van der Waals surface area (Å²) in [6.07, 6.45) is 2.49. The first-order chi connectivity index (χ1) is 9.76. The summed E-state index contributed by atoms with van der Waals surface area (Å²) in [5.41, 5.74) is 1.14. The molecule has 2 aliphatic heterocycles. The van der Waals surface area contributed by atoms with E-state index in [0.717, 1.165) is 36.4 Å². The summed E-state index contributed by atoms with van der Waals surface area (Å²) in [4.78, 5) is 11.2. The molecule has 1 amide bonds. The first kappa shape index (κ1) is 13.2.